The average Bonchev–Trinajstić information content (AvgIpc) is 2.40. The largest absolute Gasteiger partial charge is 0.327 e. The fraction of sp³-hybridized carbons (Fsp3) is 0.562. The third-order valence-electron chi connectivity index (χ3n) is 5.03. The van der Waals surface area contributed by atoms with Crippen molar-refractivity contribution >= 4 is 34.8 Å². The molecule has 1 aromatic carbocycles. The number of nitrogens with one attached hydrogen (secondary N) is 1. The van der Waals surface area contributed by atoms with Crippen LogP contribution in [-0.4, -0.2) is 11.9 Å². The smallest absolute Gasteiger partial charge is 0.228 e. The van der Waals surface area contributed by atoms with Gasteiger partial charge in [0.1, 0.15) is 0 Å². The van der Waals surface area contributed by atoms with E-state index in [1.165, 1.54) is 0 Å². The van der Waals surface area contributed by atoms with Gasteiger partial charge in [-0.25, -0.2) is 0 Å². The summed E-state index contributed by atoms with van der Waals surface area (Å²) in [7, 11) is 0. The Hall–Kier alpha value is -0.770. The molecule has 1 saturated carbocycles. The fourth-order valence-corrected chi connectivity index (χ4v) is 3.64. The molecule has 5 heteroatoms. The predicted octanol–water partition coefficient (Wildman–Crippen LogP) is 4.33. The molecule has 3 atom stereocenters. The summed E-state index contributed by atoms with van der Waals surface area (Å²) in [4.78, 5) is 12.7. The third kappa shape index (κ3) is 3.20. The predicted molar refractivity (Wildman–Crippen MR) is 88.7 cm³/mol. The quantitative estimate of drug-likeness (QED) is 0.848. The van der Waals surface area contributed by atoms with Gasteiger partial charge < -0.3 is 11.1 Å². The zero-order valence-corrected chi connectivity index (χ0v) is 14.1. The number of hydrogen-bond donors (Lipinski definition) is 2. The SMILES string of the molecule is CC1C(N)CCC(C(=O)Nc2c(Cl)cccc2Cl)C1(C)C. The Morgan fingerprint density at radius 2 is 1.86 bits per heavy atom. The number of nitrogens with two attached hydrogens (primary N) is 1. The maximum atomic E-state index is 12.7. The van der Waals surface area contributed by atoms with Crippen LogP contribution in [0.3, 0.4) is 0 Å². The summed E-state index contributed by atoms with van der Waals surface area (Å²) in [6, 6.07) is 5.33. The van der Waals surface area contributed by atoms with Gasteiger partial charge in [-0.15, -0.1) is 0 Å². The summed E-state index contributed by atoms with van der Waals surface area (Å²) in [6.07, 6.45) is 1.64. The Morgan fingerprint density at radius 3 is 2.43 bits per heavy atom. The highest BCUT2D eigenvalue weighted by Crippen LogP contribution is 2.45. The molecule has 3 unspecified atom stereocenters. The third-order valence-corrected chi connectivity index (χ3v) is 5.66. The van der Waals surface area contributed by atoms with E-state index in [1.807, 2.05) is 0 Å². The highest BCUT2D eigenvalue weighted by Gasteiger charge is 2.45. The molecule has 3 N–H and O–H groups in total. The number of carbonyl (C=O) groups is 1. The minimum absolute atomic E-state index is 0.0336. The Labute approximate surface area is 136 Å². The Bertz CT molecular complexity index is 525. The number of carbonyl (C=O) groups excluding carboxylic acids is 1. The maximum Gasteiger partial charge on any atom is 0.228 e. The lowest BCUT2D eigenvalue weighted by molar-refractivity contribution is -0.127. The van der Waals surface area contributed by atoms with Crippen molar-refractivity contribution in [1.82, 2.24) is 0 Å². The van der Waals surface area contributed by atoms with Crippen LogP contribution in [0.4, 0.5) is 5.69 Å². The monoisotopic (exact) mass is 328 g/mol. The number of benzene rings is 1. The van der Waals surface area contributed by atoms with Crippen LogP contribution < -0.4 is 11.1 Å². The van der Waals surface area contributed by atoms with Crippen LogP contribution >= 0.6 is 23.2 Å². The lowest BCUT2D eigenvalue weighted by atomic mass is 9.61. The molecule has 3 nitrogen and oxygen atoms in total. The molecule has 0 bridgehead atoms. The van der Waals surface area contributed by atoms with Crippen LogP contribution in [0.5, 0.6) is 0 Å². The fourth-order valence-electron chi connectivity index (χ4n) is 3.15. The van der Waals surface area contributed by atoms with Crippen molar-refractivity contribution in [2.75, 3.05) is 5.32 Å². The maximum absolute atomic E-state index is 12.7. The van der Waals surface area contributed by atoms with E-state index >= 15 is 0 Å². The van der Waals surface area contributed by atoms with Gasteiger partial charge in [-0.3, -0.25) is 4.79 Å². The van der Waals surface area contributed by atoms with Crippen LogP contribution in [-0.2, 0) is 4.79 Å². The normalized spacial score (nSPS) is 28.2. The van der Waals surface area contributed by atoms with Crippen LogP contribution in [0.15, 0.2) is 18.2 Å². The molecule has 1 amide bonds. The first-order chi connectivity index (χ1) is 9.75. The Kier molecular flexibility index (Phi) is 4.86. The summed E-state index contributed by atoms with van der Waals surface area (Å²) < 4.78 is 0. The van der Waals surface area contributed by atoms with E-state index in [4.69, 9.17) is 28.9 Å². The molecule has 116 valence electrons. The van der Waals surface area contributed by atoms with E-state index in [0.29, 0.717) is 15.7 Å². The first-order valence-corrected chi connectivity index (χ1v) is 8.01. The van der Waals surface area contributed by atoms with Gasteiger partial charge >= 0.3 is 0 Å². The molecule has 0 aromatic heterocycles. The second kappa shape index (κ2) is 6.15. The topological polar surface area (TPSA) is 55.1 Å². The van der Waals surface area contributed by atoms with Crippen molar-refractivity contribution in [2.24, 2.45) is 23.0 Å². The van der Waals surface area contributed by atoms with Gasteiger partial charge in [-0.1, -0.05) is 50.0 Å². The minimum atomic E-state index is -0.157. The van der Waals surface area contributed by atoms with Gasteiger partial charge in [0.25, 0.3) is 0 Å². The molecule has 1 aromatic rings. The number of halogens is 2. The highest BCUT2D eigenvalue weighted by atomic mass is 35.5. The molecule has 1 aliphatic rings. The van der Waals surface area contributed by atoms with E-state index < -0.39 is 0 Å². The zero-order valence-electron chi connectivity index (χ0n) is 12.6. The number of anilines is 1. The van der Waals surface area contributed by atoms with Gasteiger partial charge in [0.15, 0.2) is 0 Å². The summed E-state index contributed by atoms with van der Waals surface area (Å²) in [5, 5.41) is 3.80. The van der Waals surface area contributed by atoms with E-state index in [1.54, 1.807) is 18.2 Å². The molecule has 0 saturated heterocycles. The summed E-state index contributed by atoms with van der Waals surface area (Å²) in [5.74, 6) is 0.150. The Morgan fingerprint density at radius 1 is 1.29 bits per heavy atom. The molecular formula is C16H22Cl2N2O. The van der Waals surface area contributed by atoms with E-state index in [-0.39, 0.29) is 29.2 Å². The van der Waals surface area contributed by atoms with Crippen LogP contribution in [0.2, 0.25) is 10.0 Å². The average molecular weight is 329 g/mol. The van der Waals surface area contributed by atoms with Crippen LogP contribution in [0.1, 0.15) is 33.6 Å². The van der Waals surface area contributed by atoms with Gasteiger partial charge in [0.05, 0.1) is 15.7 Å². The number of para-hydroxylation sites is 1. The van der Waals surface area contributed by atoms with Crippen molar-refractivity contribution < 1.29 is 4.79 Å². The number of amides is 1. The summed E-state index contributed by atoms with van der Waals surface area (Å²) in [6.45, 7) is 6.33. The molecular weight excluding hydrogens is 307 g/mol. The zero-order chi connectivity index (χ0) is 15.8. The molecule has 0 heterocycles. The lowest BCUT2D eigenvalue weighted by Crippen LogP contribution is -2.50. The van der Waals surface area contributed by atoms with Crippen molar-refractivity contribution in [1.29, 1.82) is 0 Å². The molecule has 1 fully saturated rings. The number of rotatable bonds is 2. The van der Waals surface area contributed by atoms with Crippen molar-refractivity contribution in [3.8, 4) is 0 Å². The summed E-state index contributed by atoms with van der Waals surface area (Å²) >= 11 is 12.2. The van der Waals surface area contributed by atoms with E-state index in [2.05, 4.69) is 26.1 Å². The number of hydrogen-bond acceptors (Lipinski definition) is 2. The summed E-state index contributed by atoms with van der Waals surface area (Å²) in [5.41, 5.74) is 6.48. The molecule has 0 spiro atoms. The molecule has 0 aliphatic heterocycles. The van der Waals surface area contributed by atoms with Gasteiger partial charge in [0, 0.05) is 12.0 Å². The molecule has 0 radical (unpaired) electrons. The van der Waals surface area contributed by atoms with Gasteiger partial charge in [0.2, 0.25) is 5.91 Å². The standard InChI is InChI=1S/C16H22Cl2N2O/c1-9-13(19)8-7-10(16(9,2)3)15(21)20-14-11(17)5-4-6-12(14)18/h4-6,9-10,13H,7-8,19H2,1-3H3,(H,20,21). The van der Waals surface area contributed by atoms with Gasteiger partial charge in [-0.2, -0.15) is 0 Å². The minimum Gasteiger partial charge on any atom is -0.327 e. The first kappa shape index (κ1) is 16.6. The van der Waals surface area contributed by atoms with Crippen LogP contribution in [0.25, 0.3) is 0 Å². The molecule has 2 rings (SSSR count). The van der Waals surface area contributed by atoms with Gasteiger partial charge in [-0.05, 0) is 36.3 Å². The molecule has 1 aliphatic carbocycles. The van der Waals surface area contributed by atoms with Crippen molar-refractivity contribution in [3.05, 3.63) is 28.2 Å². The highest BCUT2D eigenvalue weighted by molar-refractivity contribution is 6.39. The lowest BCUT2D eigenvalue weighted by Gasteiger charge is -2.46. The van der Waals surface area contributed by atoms with Crippen molar-refractivity contribution in [3.63, 3.8) is 0 Å². The van der Waals surface area contributed by atoms with Crippen molar-refractivity contribution in [2.45, 2.75) is 39.7 Å². The second-order valence-electron chi connectivity index (χ2n) is 6.49. The molecule has 21 heavy (non-hydrogen) atoms. The first-order valence-electron chi connectivity index (χ1n) is 7.25. The second-order valence-corrected chi connectivity index (χ2v) is 7.30. The van der Waals surface area contributed by atoms with E-state index in [0.717, 1.165) is 12.8 Å². The van der Waals surface area contributed by atoms with Crippen LogP contribution in [0, 0.1) is 17.3 Å². The van der Waals surface area contributed by atoms with E-state index in [9.17, 15) is 4.79 Å². The Balaban J connectivity index is 2.21.